The van der Waals surface area contributed by atoms with Crippen LogP contribution in [0, 0.1) is 6.42 Å². The number of aryl methyl sites for hydroxylation is 2. The summed E-state index contributed by atoms with van der Waals surface area (Å²) >= 11 is 0. The molecule has 3 amide bonds. The molecule has 1 unspecified atom stereocenters. The normalized spacial score (nSPS) is 20.1. The average Bonchev–Trinajstić information content (AvgIpc) is 3.88. The number of nitrogens with zero attached hydrogens (tertiary/aromatic N) is 2. The summed E-state index contributed by atoms with van der Waals surface area (Å²) in [5.41, 5.74) is 2.68. The molecule has 0 spiro atoms. The first-order valence-electron chi connectivity index (χ1n) is 16.1. The van der Waals surface area contributed by atoms with Gasteiger partial charge in [0.2, 0.25) is 5.91 Å². The number of cyclic esters (lactones) is 1. The van der Waals surface area contributed by atoms with Crippen molar-refractivity contribution in [3.63, 3.8) is 0 Å². The summed E-state index contributed by atoms with van der Waals surface area (Å²) in [5.74, 6) is -3.55. The molecule has 2 aliphatic heterocycles. The van der Waals surface area contributed by atoms with Crippen LogP contribution in [0.5, 0.6) is 11.5 Å². The largest absolute Gasteiger partial charge is 0.497 e. The Morgan fingerprint density at radius 1 is 0.959 bits per heavy atom. The van der Waals surface area contributed by atoms with Gasteiger partial charge in [0, 0.05) is 18.3 Å². The van der Waals surface area contributed by atoms with Crippen molar-refractivity contribution in [2.45, 2.75) is 56.6 Å². The predicted molar refractivity (Wildman–Crippen MR) is 176 cm³/mol. The van der Waals surface area contributed by atoms with Gasteiger partial charge in [0.1, 0.15) is 23.6 Å². The molecule has 4 aromatic rings. The standard InChI is InChI=1S/C37H37N4O8/c1-46-28-17-15-25(16-18-28)11-8-12-27-22-38-33(39-27)35(44)41-23-30(48-29-13-6-3-7-14-29)21-31(41)34(43)40-36(45)37(20-19-32(42)49-37)47-24-26-9-4-2-5-10-26/h2-7,9-10,13-18,20,22,30-31H,8,11-12,19,21,23-24H2,1H3,(H,38,39)(H,40,43,45)/t30-,31?,37+/m1/s1. The van der Waals surface area contributed by atoms with Crippen LogP contribution in [-0.4, -0.2) is 70.1 Å². The van der Waals surface area contributed by atoms with E-state index in [0.29, 0.717) is 12.2 Å². The van der Waals surface area contributed by atoms with E-state index in [1.54, 1.807) is 37.6 Å². The molecule has 0 saturated carbocycles. The molecule has 3 atom stereocenters. The topological polar surface area (TPSA) is 149 Å². The van der Waals surface area contributed by atoms with Crippen LogP contribution in [-0.2, 0) is 43.3 Å². The average molecular weight is 666 g/mol. The monoisotopic (exact) mass is 665 g/mol. The lowest BCUT2D eigenvalue weighted by Gasteiger charge is -2.27. The van der Waals surface area contributed by atoms with Crippen molar-refractivity contribution in [2.75, 3.05) is 13.7 Å². The second kappa shape index (κ2) is 15.2. The quantitative estimate of drug-likeness (QED) is 0.160. The minimum atomic E-state index is -2.10. The first-order valence-corrected chi connectivity index (χ1v) is 16.1. The van der Waals surface area contributed by atoms with Crippen LogP contribution in [0.2, 0.25) is 0 Å². The molecule has 2 saturated heterocycles. The molecule has 49 heavy (non-hydrogen) atoms. The van der Waals surface area contributed by atoms with Crippen LogP contribution < -0.4 is 14.8 Å². The zero-order valence-electron chi connectivity index (χ0n) is 27.0. The van der Waals surface area contributed by atoms with E-state index in [0.717, 1.165) is 29.8 Å². The van der Waals surface area contributed by atoms with Crippen molar-refractivity contribution in [3.8, 4) is 11.5 Å². The van der Waals surface area contributed by atoms with Gasteiger partial charge in [-0.2, -0.15) is 0 Å². The third-order valence-corrected chi connectivity index (χ3v) is 8.43. The lowest BCUT2D eigenvalue weighted by atomic mass is 10.1. The van der Waals surface area contributed by atoms with Crippen molar-refractivity contribution in [2.24, 2.45) is 0 Å². The van der Waals surface area contributed by atoms with E-state index in [1.165, 1.54) is 16.9 Å². The number of benzene rings is 3. The molecular formula is C37H37N4O8. The SMILES string of the molecule is COc1ccc(CCCc2cnc(C(=O)N3C[C@H](Oc4ccccc4)CC3C(=O)NC(=O)[C@]3(OCc4ccccc4)[CH]CC(=O)O3)[nH]2)cc1. The van der Waals surface area contributed by atoms with E-state index in [-0.39, 0.29) is 31.8 Å². The Kier molecular flexibility index (Phi) is 10.3. The molecule has 0 aliphatic carbocycles. The maximum Gasteiger partial charge on any atom is 0.309 e. The number of hydrogen-bond donors (Lipinski definition) is 2. The van der Waals surface area contributed by atoms with E-state index >= 15 is 0 Å². The summed E-state index contributed by atoms with van der Waals surface area (Å²) < 4.78 is 22.4. The minimum Gasteiger partial charge on any atom is -0.497 e. The highest BCUT2D eigenvalue weighted by Crippen LogP contribution is 2.30. The summed E-state index contributed by atoms with van der Waals surface area (Å²) in [6.07, 6.45) is 4.61. The first-order chi connectivity index (χ1) is 23.8. The number of carbonyl (C=O) groups is 4. The number of aromatic nitrogens is 2. The number of methoxy groups -OCH3 is 1. The third-order valence-electron chi connectivity index (χ3n) is 8.43. The van der Waals surface area contributed by atoms with E-state index in [4.69, 9.17) is 18.9 Å². The highest BCUT2D eigenvalue weighted by Gasteiger charge is 2.51. The van der Waals surface area contributed by atoms with Crippen molar-refractivity contribution in [1.29, 1.82) is 0 Å². The van der Waals surface area contributed by atoms with Crippen LogP contribution in [0.3, 0.4) is 0 Å². The van der Waals surface area contributed by atoms with Gasteiger partial charge in [-0.15, -0.1) is 0 Å². The van der Waals surface area contributed by atoms with E-state index in [1.807, 2.05) is 60.7 Å². The molecule has 2 N–H and O–H groups in total. The number of esters is 1. The number of carbonyl (C=O) groups excluding carboxylic acids is 4. The fourth-order valence-electron chi connectivity index (χ4n) is 5.86. The number of imide groups is 1. The van der Waals surface area contributed by atoms with E-state index in [2.05, 4.69) is 15.3 Å². The zero-order valence-corrected chi connectivity index (χ0v) is 27.0. The minimum absolute atomic E-state index is 0.0474. The van der Waals surface area contributed by atoms with Crippen molar-refractivity contribution >= 4 is 23.7 Å². The number of para-hydroxylation sites is 1. The number of nitrogens with one attached hydrogen (secondary N) is 2. The fraction of sp³-hybridized carbons (Fsp3) is 0.297. The van der Waals surface area contributed by atoms with Crippen molar-refractivity contribution in [3.05, 3.63) is 120 Å². The number of H-pyrrole nitrogens is 1. The van der Waals surface area contributed by atoms with Crippen LogP contribution in [0.1, 0.15) is 46.7 Å². The molecule has 253 valence electrons. The number of hydrogen-bond acceptors (Lipinski definition) is 9. The summed E-state index contributed by atoms with van der Waals surface area (Å²) in [6, 6.07) is 24.9. The Hall–Kier alpha value is -5.49. The van der Waals surface area contributed by atoms with Gasteiger partial charge < -0.3 is 28.8 Å². The molecule has 1 radical (unpaired) electrons. The zero-order chi connectivity index (χ0) is 34.2. The van der Waals surface area contributed by atoms with E-state index < -0.39 is 41.6 Å². The van der Waals surface area contributed by atoms with Crippen LogP contribution in [0.4, 0.5) is 0 Å². The highest BCUT2D eigenvalue weighted by molar-refractivity contribution is 6.05. The van der Waals surface area contributed by atoms with Gasteiger partial charge in [-0.25, -0.2) is 4.98 Å². The Balaban J connectivity index is 1.14. The lowest BCUT2D eigenvalue weighted by Crippen LogP contribution is -2.55. The van der Waals surface area contributed by atoms with Gasteiger partial charge in [-0.1, -0.05) is 60.7 Å². The molecule has 12 nitrogen and oxygen atoms in total. The van der Waals surface area contributed by atoms with Crippen LogP contribution in [0.15, 0.2) is 91.1 Å². The number of likely N-dealkylation sites (tertiary alicyclic amines) is 1. The highest BCUT2D eigenvalue weighted by atomic mass is 16.7. The van der Waals surface area contributed by atoms with Gasteiger partial charge in [0.25, 0.3) is 17.6 Å². The number of rotatable bonds is 13. The second-order valence-corrected chi connectivity index (χ2v) is 11.9. The Labute approximate surface area is 283 Å². The first kappa shape index (κ1) is 33.4. The maximum absolute atomic E-state index is 13.8. The van der Waals surface area contributed by atoms with Gasteiger partial charge in [-0.3, -0.25) is 24.5 Å². The molecule has 3 heterocycles. The molecule has 1 aromatic heterocycles. The molecule has 0 bridgehead atoms. The van der Waals surface area contributed by atoms with Gasteiger partial charge >= 0.3 is 5.97 Å². The van der Waals surface area contributed by atoms with E-state index in [9.17, 15) is 19.2 Å². The maximum atomic E-state index is 13.8. The van der Waals surface area contributed by atoms with Gasteiger partial charge in [0.15, 0.2) is 5.82 Å². The smallest absolute Gasteiger partial charge is 0.309 e. The lowest BCUT2D eigenvalue weighted by molar-refractivity contribution is -0.208. The summed E-state index contributed by atoms with van der Waals surface area (Å²) in [6.45, 7) is 0.0262. The van der Waals surface area contributed by atoms with Crippen LogP contribution in [0.25, 0.3) is 0 Å². The second-order valence-electron chi connectivity index (χ2n) is 11.9. The summed E-state index contributed by atoms with van der Waals surface area (Å²) in [4.78, 5) is 62.0. The summed E-state index contributed by atoms with van der Waals surface area (Å²) in [7, 11) is 1.63. The van der Waals surface area contributed by atoms with Crippen LogP contribution >= 0.6 is 0 Å². The summed E-state index contributed by atoms with van der Waals surface area (Å²) in [5, 5.41) is 2.34. The molecular weight excluding hydrogens is 628 g/mol. The number of imidazole rings is 1. The fourth-order valence-corrected chi connectivity index (χ4v) is 5.86. The molecule has 12 heteroatoms. The molecule has 2 fully saturated rings. The number of ether oxygens (including phenoxy) is 4. The number of aromatic amines is 1. The molecule has 2 aliphatic rings. The Bertz CT molecular complexity index is 1760. The van der Waals surface area contributed by atoms with Gasteiger partial charge in [0.05, 0.1) is 33.1 Å². The molecule has 6 rings (SSSR count). The Morgan fingerprint density at radius 3 is 2.39 bits per heavy atom. The Morgan fingerprint density at radius 2 is 1.69 bits per heavy atom. The third kappa shape index (κ3) is 8.15. The number of amides is 3. The van der Waals surface area contributed by atoms with Gasteiger partial charge in [-0.05, 0) is 54.7 Å². The molecule has 3 aromatic carbocycles. The van der Waals surface area contributed by atoms with Crippen molar-refractivity contribution < 1.29 is 38.1 Å². The predicted octanol–water partition coefficient (Wildman–Crippen LogP) is 3.96. The van der Waals surface area contributed by atoms with Crippen molar-refractivity contribution in [1.82, 2.24) is 20.2 Å².